The first-order valence-electron chi connectivity index (χ1n) is 7.13. The zero-order valence-corrected chi connectivity index (χ0v) is 12.5. The van der Waals surface area contributed by atoms with E-state index in [2.05, 4.69) is 11.9 Å². The van der Waals surface area contributed by atoms with Gasteiger partial charge < -0.3 is 20.1 Å². The van der Waals surface area contributed by atoms with Crippen molar-refractivity contribution in [1.82, 2.24) is 4.90 Å². The highest BCUT2D eigenvalue weighted by Crippen LogP contribution is 2.33. The quantitative estimate of drug-likeness (QED) is 0.918. The third-order valence-electron chi connectivity index (χ3n) is 4.06. The number of benzene rings is 1. The number of rotatable bonds is 3. The van der Waals surface area contributed by atoms with Crippen molar-refractivity contribution < 1.29 is 9.47 Å². The summed E-state index contributed by atoms with van der Waals surface area (Å²) in [6, 6.07) is 3.92. The lowest BCUT2D eigenvalue weighted by molar-refractivity contribution is -0.0319. The lowest BCUT2D eigenvalue weighted by Crippen LogP contribution is -2.50. The van der Waals surface area contributed by atoms with Crippen LogP contribution >= 0.6 is 11.6 Å². The van der Waals surface area contributed by atoms with Gasteiger partial charge in [-0.1, -0.05) is 11.6 Å². The summed E-state index contributed by atoms with van der Waals surface area (Å²) in [5.74, 6) is 0.981. The summed E-state index contributed by atoms with van der Waals surface area (Å²) in [6.45, 7) is 3.34. The van der Waals surface area contributed by atoms with Gasteiger partial charge in [0.05, 0.1) is 19.3 Å². The van der Waals surface area contributed by atoms with Gasteiger partial charge in [0.15, 0.2) is 0 Å². The topological polar surface area (TPSA) is 47.7 Å². The number of morpholine rings is 1. The molecule has 4 nitrogen and oxygen atoms in total. The van der Waals surface area contributed by atoms with E-state index in [4.69, 9.17) is 26.8 Å². The van der Waals surface area contributed by atoms with Crippen molar-refractivity contribution in [3.63, 3.8) is 0 Å². The van der Waals surface area contributed by atoms with Gasteiger partial charge in [-0.2, -0.15) is 0 Å². The van der Waals surface area contributed by atoms with Crippen LogP contribution in [0.2, 0.25) is 5.02 Å². The molecule has 1 saturated heterocycles. The van der Waals surface area contributed by atoms with Gasteiger partial charge >= 0.3 is 0 Å². The molecule has 1 fully saturated rings. The fourth-order valence-electron chi connectivity index (χ4n) is 2.95. The van der Waals surface area contributed by atoms with Gasteiger partial charge in [-0.15, -0.1) is 0 Å². The number of nitrogens with two attached hydrogens (primary N) is 1. The third-order valence-corrected chi connectivity index (χ3v) is 4.27. The molecule has 0 amide bonds. The first-order chi connectivity index (χ1) is 9.63. The minimum Gasteiger partial charge on any atom is -0.493 e. The van der Waals surface area contributed by atoms with E-state index < -0.39 is 0 Å². The number of likely N-dealkylation sites (N-methyl/N-ethyl adjacent to an activating group) is 1. The number of fused-ring (bicyclic) bond motifs is 1. The highest BCUT2D eigenvalue weighted by Gasteiger charge is 2.26. The normalized spacial score (nSPS) is 24.2. The Morgan fingerprint density at radius 2 is 2.30 bits per heavy atom. The molecule has 2 aliphatic heterocycles. The molecule has 1 aromatic rings. The summed E-state index contributed by atoms with van der Waals surface area (Å²) >= 11 is 6.19. The van der Waals surface area contributed by atoms with Gasteiger partial charge in [-0.25, -0.2) is 0 Å². The molecule has 110 valence electrons. The predicted molar refractivity (Wildman–Crippen MR) is 79.6 cm³/mol. The number of hydrogen-bond acceptors (Lipinski definition) is 4. The van der Waals surface area contributed by atoms with Gasteiger partial charge in [-0.3, -0.25) is 0 Å². The Morgan fingerprint density at radius 3 is 3.10 bits per heavy atom. The lowest BCUT2D eigenvalue weighted by Gasteiger charge is -2.33. The molecule has 2 N–H and O–H groups in total. The number of ether oxygens (including phenoxy) is 2. The summed E-state index contributed by atoms with van der Waals surface area (Å²) in [4.78, 5) is 2.26. The van der Waals surface area contributed by atoms with Crippen molar-refractivity contribution in [2.75, 3.05) is 33.4 Å². The average Bonchev–Trinajstić information content (AvgIpc) is 2.86. The molecule has 0 spiro atoms. The van der Waals surface area contributed by atoms with Crippen LogP contribution in [0.3, 0.4) is 0 Å². The number of nitrogens with zero attached hydrogens (tertiary/aromatic N) is 1. The maximum atomic E-state index is 6.34. The zero-order chi connectivity index (χ0) is 14.1. The van der Waals surface area contributed by atoms with Gasteiger partial charge in [0, 0.05) is 30.6 Å². The Labute approximate surface area is 124 Å². The second-order valence-electron chi connectivity index (χ2n) is 5.69. The van der Waals surface area contributed by atoms with E-state index in [1.807, 2.05) is 12.1 Å². The SMILES string of the molecule is CN1CCOC(C(N)Cc2cc(Cl)cc3c2OCC3)C1. The molecule has 2 aliphatic rings. The molecule has 20 heavy (non-hydrogen) atoms. The summed E-state index contributed by atoms with van der Waals surface area (Å²) in [6.07, 6.45) is 1.74. The number of hydrogen-bond donors (Lipinski definition) is 1. The molecule has 5 heteroatoms. The molecule has 2 heterocycles. The maximum absolute atomic E-state index is 6.34. The Balaban J connectivity index is 1.74. The largest absolute Gasteiger partial charge is 0.493 e. The predicted octanol–water partition coefficient (Wildman–Crippen LogP) is 1.48. The monoisotopic (exact) mass is 296 g/mol. The molecule has 2 unspecified atom stereocenters. The maximum Gasteiger partial charge on any atom is 0.125 e. The van der Waals surface area contributed by atoms with E-state index >= 15 is 0 Å². The first kappa shape index (κ1) is 14.1. The zero-order valence-electron chi connectivity index (χ0n) is 11.8. The second kappa shape index (κ2) is 5.90. The summed E-state index contributed by atoms with van der Waals surface area (Å²) in [5.41, 5.74) is 8.64. The fraction of sp³-hybridized carbons (Fsp3) is 0.600. The van der Waals surface area contributed by atoms with Crippen molar-refractivity contribution >= 4 is 11.6 Å². The molecule has 0 radical (unpaired) electrons. The van der Waals surface area contributed by atoms with Crippen molar-refractivity contribution in [3.8, 4) is 5.75 Å². The second-order valence-corrected chi connectivity index (χ2v) is 6.13. The highest BCUT2D eigenvalue weighted by atomic mass is 35.5. The Morgan fingerprint density at radius 1 is 1.45 bits per heavy atom. The smallest absolute Gasteiger partial charge is 0.125 e. The van der Waals surface area contributed by atoms with Crippen LogP contribution in [0, 0.1) is 0 Å². The Kier molecular flexibility index (Phi) is 4.17. The molecule has 0 aromatic heterocycles. The van der Waals surface area contributed by atoms with Gasteiger partial charge in [0.2, 0.25) is 0 Å². The summed E-state index contributed by atoms with van der Waals surface area (Å²) in [7, 11) is 2.10. The van der Waals surface area contributed by atoms with Gasteiger partial charge in [-0.05, 0) is 36.7 Å². The first-order valence-corrected chi connectivity index (χ1v) is 7.51. The molecule has 1 aromatic carbocycles. The average molecular weight is 297 g/mol. The summed E-state index contributed by atoms with van der Waals surface area (Å²) < 4.78 is 11.5. The van der Waals surface area contributed by atoms with Crippen LogP contribution in [0.1, 0.15) is 11.1 Å². The van der Waals surface area contributed by atoms with E-state index in [0.29, 0.717) is 0 Å². The van der Waals surface area contributed by atoms with Crippen LogP contribution in [0.4, 0.5) is 0 Å². The molecular formula is C15H21ClN2O2. The van der Waals surface area contributed by atoms with E-state index in [1.165, 1.54) is 5.56 Å². The van der Waals surface area contributed by atoms with Crippen molar-refractivity contribution in [2.24, 2.45) is 5.73 Å². The minimum atomic E-state index is -0.0375. The van der Waals surface area contributed by atoms with Crippen LogP contribution < -0.4 is 10.5 Å². The van der Waals surface area contributed by atoms with E-state index in [1.54, 1.807) is 0 Å². The third kappa shape index (κ3) is 2.93. The van der Waals surface area contributed by atoms with E-state index in [9.17, 15) is 0 Å². The van der Waals surface area contributed by atoms with Crippen LogP contribution in [0.15, 0.2) is 12.1 Å². The fourth-order valence-corrected chi connectivity index (χ4v) is 3.22. The standard InChI is InChI=1S/C15H21ClN2O2/c1-18-3-5-19-14(9-18)13(17)8-11-7-12(16)6-10-2-4-20-15(10)11/h6-7,13-14H,2-5,8-9,17H2,1H3. The Hall–Kier alpha value is -0.810. The minimum absolute atomic E-state index is 0.0375. The molecule has 0 bridgehead atoms. The molecular weight excluding hydrogens is 276 g/mol. The molecule has 0 saturated carbocycles. The van der Waals surface area contributed by atoms with Crippen molar-refractivity contribution in [2.45, 2.75) is 25.0 Å². The number of halogens is 1. The lowest BCUT2D eigenvalue weighted by atomic mass is 9.98. The van der Waals surface area contributed by atoms with E-state index in [-0.39, 0.29) is 12.1 Å². The van der Waals surface area contributed by atoms with Crippen LogP contribution in [0.5, 0.6) is 5.75 Å². The van der Waals surface area contributed by atoms with E-state index in [0.717, 1.165) is 55.5 Å². The van der Waals surface area contributed by atoms with Gasteiger partial charge in [0.1, 0.15) is 5.75 Å². The molecule has 0 aliphatic carbocycles. The summed E-state index contributed by atoms with van der Waals surface area (Å²) in [5, 5.41) is 0.762. The highest BCUT2D eigenvalue weighted by molar-refractivity contribution is 6.30. The van der Waals surface area contributed by atoms with Gasteiger partial charge in [0.25, 0.3) is 0 Å². The van der Waals surface area contributed by atoms with Crippen LogP contribution in [0.25, 0.3) is 0 Å². The molecule has 3 rings (SSSR count). The van der Waals surface area contributed by atoms with Crippen LogP contribution in [-0.4, -0.2) is 50.4 Å². The molecule has 2 atom stereocenters. The Bertz CT molecular complexity index is 495. The van der Waals surface area contributed by atoms with Crippen molar-refractivity contribution in [3.05, 3.63) is 28.3 Å². The van der Waals surface area contributed by atoms with Crippen molar-refractivity contribution in [1.29, 1.82) is 0 Å². The van der Waals surface area contributed by atoms with Crippen LogP contribution in [-0.2, 0) is 17.6 Å².